The Morgan fingerprint density at radius 2 is 0.660 bits per heavy atom. The van der Waals surface area contributed by atoms with Gasteiger partial charge >= 0.3 is 0 Å². The monoisotopic (exact) mass is 740 g/mol. The lowest BCUT2D eigenvalue weighted by Gasteiger charge is -2.28. The Bertz CT molecular complexity index is 2190. The molecule has 53 heavy (non-hydrogen) atoms. The first kappa shape index (κ1) is 34.6. The molecular weight excluding hydrogens is 704 g/mol. The molecule has 8 aromatic rings. The van der Waals surface area contributed by atoms with Crippen molar-refractivity contribution in [2.24, 2.45) is 0 Å². The lowest BCUT2D eigenvalue weighted by molar-refractivity contribution is -0.00000986. The van der Waals surface area contributed by atoms with E-state index < -0.39 is 0 Å². The van der Waals surface area contributed by atoms with Gasteiger partial charge in [-0.1, -0.05) is 156 Å². The molecule has 0 N–H and O–H groups in total. The summed E-state index contributed by atoms with van der Waals surface area (Å²) in [7, 11) is 0. The number of halogens is 1. The Morgan fingerprint density at radius 1 is 0.396 bits per heavy atom. The maximum atomic E-state index is 2.47. The number of para-hydroxylation sites is 4. The molecule has 0 saturated heterocycles. The third-order valence-corrected chi connectivity index (χ3v) is 12.2. The van der Waals surface area contributed by atoms with Crippen molar-refractivity contribution in [3.05, 3.63) is 209 Å². The number of benzene rings is 6. The summed E-state index contributed by atoms with van der Waals surface area (Å²) in [5.74, 6) is 0. The Balaban J connectivity index is 0.00000400. The van der Waals surface area contributed by atoms with E-state index >= 15 is 0 Å². The first-order valence-corrected chi connectivity index (χ1v) is 19.3. The molecule has 0 saturated carbocycles. The molecule has 2 nitrogen and oxygen atoms in total. The van der Waals surface area contributed by atoms with Crippen LogP contribution in [0.5, 0.6) is 0 Å². The Kier molecular flexibility index (Phi) is 9.44. The second-order valence-corrected chi connectivity index (χ2v) is 15.6. The van der Waals surface area contributed by atoms with Gasteiger partial charge in [-0.2, -0.15) is 0 Å². The predicted octanol–water partition coefficient (Wildman–Crippen LogP) is 11.3. The van der Waals surface area contributed by atoms with Crippen molar-refractivity contribution < 1.29 is 12.4 Å². The molecular formula is C48H37ClN2S2. The molecule has 258 valence electrons. The second-order valence-electron chi connectivity index (χ2n) is 13.6. The summed E-state index contributed by atoms with van der Waals surface area (Å²) in [6.45, 7) is 4.88. The van der Waals surface area contributed by atoms with Crippen LogP contribution in [0.2, 0.25) is 0 Å². The van der Waals surface area contributed by atoms with Crippen LogP contribution in [0, 0.1) is 6.42 Å². The van der Waals surface area contributed by atoms with Crippen molar-refractivity contribution in [2.45, 2.75) is 19.3 Å². The lowest BCUT2D eigenvalue weighted by atomic mass is 9.69. The SMILES string of the molecule is CC1(C)c2c(sc(N(c3ccccc3)c3ccccc3)c2-c2ccccc2)[CH+]c2sc(N(c3ccccc3)c3ccccc3)c(-c3ccccc3)c21.[Cl-]. The Labute approximate surface area is 326 Å². The number of hydrogen-bond acceptors (Lipinski definition) is 4. The van der Waals surface area contributed by atoms with Gasteiger partial charge in [0.15, 0.2) is 0 Å². The van der Waals surface area contributed by atoms with E-state index in [9.17, 15) is 0 Å². The van der Waals surface area contributed by atoms with Crippen molar-refractivity contribution in [2.75, 3.05) is 9.80 Å². The summed E-state index contributed by atoms with van der Waals surface area (Å²) in [5.41, 5.74) is 12.0. The van der Waals surface area contributed by atoms with Crippen LogP contribution in [0.25, 0.3) is 22.3 Å². The number of fused-ring (bicyclic) bond motifs is 2. The highest BCUT2D eigenvalue weighted by molar-refractivity contribution is 7.19. The van der Waals surface area contributed by atoms with Crippen molar-refractivity contribution in [3.63, 3.8) is 0 Å². The van der Waals surface area contributed by atoms with Crippen molar-refractivity contribution in [1.29, 1.82) is 0 Å². The van der Waals surface area contributed by atoms with Gasteiger partial charge < -0.3 is 22.2 Å². The normalized spacial score (nSPS) is 12.5. The minimum absolute atomic E-state index is 0. The molecule has 9 rings (SSSR count). The average molecular weight is 741 g/mol. The zero-order chi connectivity index (χ0) is 35.1. The quantitative estimate of drug-likeness (QED) is 0.143. The van der Waals surface area contributed by atoms with Gasteiger partial charge in [0.2, 0.25) is 0 Å². The molecule has 0 amide bonds. The number of anilines is 6. The second kappa shape index (κ2) is 14.5. The first-order valence-electron chi connectivity index (χ1n) is 17.7. The van der Waals surface area contributed by atoms with Gasteiger partial charge in [0.05, 0.1) is 28.7 Å². The van der Waals surface area contributed by atoms with Crippen LogP contribution in [0.1, 0.15) is 34.7 Å². The molecule has 0 atom stereocenters. The molecule has 2 heterocycles. The maximum Gasteiger partial charge on any atom is 0.145 e. The zero-order valence-electron chi connectivity index (χ0n) is 29.5. The molecule has 2 aromatic heterocycles. The van der Waals surface area contributed by atoms with Gasteiger partial charge in [-0.05, 0) is 73.5 Å². The van der Waals surface area contributed by atoms with E-state index in [0.717, 1.165) is 22.7 Å². The number of thiophene rings is 2. The average Bonchev–Trinajstić information content (AvgIpc) is 3.78. The molecule has 0 aliphatic heterocycles. The zero-order valence-corrected chi connectivity index (χ0v) is 31.9. The van der Waals surface area contributed by atoms with E-state index in [1.807, 2.05) is 22.7 Å². The lowest BCUT2D eigenvalue weighted by Crippen LogP contribution is -3.00. The third kappa shape index (κ3) is 6.13. The van der Waals surface area contributed by atoms with Crippen LogP contribution in [0.15, 0.2) is 182 Å². The number of rotatable bonds is 8. The highest BCUT2D eigenvalue weighted by atomic mass is 35.5. The molecule has 0 fully saturated rings. The van der Waals surface area contributed by atoms with Gasteiger partial charge in [0, 0.05) is 22.7 Å². The van der Waals surface area contributed by atoms with Crippen LogP contribution in [-0.4, -0.2) is 0 Å². The number of hydrogen-bond donors (Lipinski definition) is 0. The van der Waals surface area contributed by atoms with Crippen LogP contribution in [-0.2, 0) is 5.41 Å². The molecule has 0 unspecified atom stereocenters. The van der Waals surface area contributed by atoms with E-state index in [2.05, 4.69) is 212 Å². The van der Waals surface area contributed by atoms with Gasteiger partial charge in [-0.25, -0.2) is 0 Å². The largest absolute Gasteiger partial charge is 1.00 e. The standard InChI is InChI=1S/C48H37N2S2.ClH/c1-48(2)44-40(51-46(42(44)34-21-9-3-10-22-34)49(36-25-13-5-14-26-36)37-27-15-6-16-28-37)33-41-45(48)43(35-23-11-4-12-24-35)47(52-41)50(38-29-17-7-18-30-38)39-31-19-8-20-32-39;/h3-33H,1-2H3;1H/q+1;/p-1. The van der Waals surface area contributed by atoms with Crippen LogP contribution in [0.3, 0.4) is 0 Å². The fourth-order valence-corrected chi connectivity index (χ4v) is 10.7. The van der Waals surface area contributed by atoms with Crippen molar-refractivity contribution in [3.8, 4) is 22.3 Å². The van der Waals surface area contributed by atoms with Crippen LogP contribution < -0.4 is 22.2 Å². The predicted molar refractivity (Wildman–Crippen MR) is 224 cm³/mol. The van der Waals surface area contributed by atoms with Crippen LogP contribution >= 0.6 is 22.7 Å². The summed E-state index contributed by atoms with van der Waals surface area (Å²) >= 11 is 3.79. The third-order valence-electron chi connectivity index (χ3n) is 9.93. The van der Waals surface area contributed by atoms with Crippen molar-refractivity contribution in [1.82, 2.24) is 0 Å². The fourth-order valence-electron chi connectivity index (χ4n) is 7.70. The first-order chi connectivity index (χ1) is 25.6. The minimum atomic E-state index is -0.336. The minimum Gasteiger partial charge on any atom is -1.00 e. The molecule has 1 aliphatic carbocycles. The summed E-state index contributed by atoms with van der Waals surface area (Å²) in [4.78, 5) is 7.50. The van der Waals surface area contributed by atoms with Gasteiger partial charge in [0.1, 0.15) is 25.2 Å². The molecule has 0 radical (unpaired) electrons. The maximum absolute atomic E-state index is 2.47. The fraction of sp³-hybridized carbons (Fsp3) is 0.0625. The van der Waals surface area contributed by atoms with Crippen molar-refractivity contribution >= 4 is 55.4 Å². The summed E-state index contributed by atoms with van der Waals surface area (Å²) < 4.78 is 0. The highest BCUT2D eigenvalue weighted by Crippen LogP contribution is 2.61. The van der Waals surface area contributed by atoms with Crippen LogP contribution in [0.4, 0.5) is 32.8 Å². The summed E-state index contributed by atoms with van der Waals surface area (Å²) in [5, 5.41) is 2.45. The Hall–Kier alpha value is -5.52. The van der Waals surface area contributed by atoms with E-state index in [0.29, 0.717) is 0 Å². The molecule has 6 aromatic carbocycles. The number of nitrogens with zero attached hydrogens (tertiary/aromatic N) is 2. The van der Waals surface area contributed by atoms with E-state index in [-0.39, 0.29) is 17.8 Å². The van der Waals surface area contributed by atoms with E-state index in [4.69, 9.17) is 0 Å². The summed E-state index contributed by atoms with van der Waals surface area (Å²) in [6.07, 6.45) is 2.47. The van der Waals surface area contributed by atoms with E-state index in [1.54, 1.807) is 0 Å². The Morgan fingerprint density at radius 3 is 0.943 bits per heavy atom. The molecule has 0 spiro atoms. The van der Waals surface area contributed by atoms with E-state index in [1.165, 1.54) is 53.1 Å². The van der Waals surface area contributed by atoms with Gasteiger partial charge in [-0.3, -0.25) is 0 Å². The highest BCUT2D eigenvalue weighted by Gasteiger charge is 2.50. The van der Waals surface area contributed by atoms with Gasteiger partial charge in [0.25, 0.3) is 0 Å². The molecule has 1 aliphatic rings. The topological polar surface area (TPSA) is 6.48 Å². The molecule has 0 bridgehead atoms. The molecule has 5 heteroatoms. The smallest absolute Gasteiger partial charge is 0.145 e. The summed E-state index contributed by atoms with van der Waals surface area (Å²) in [6, 6.07) is 65.1. The van der Waals surface area contributed by atoms with Gasteiger partial charge in [-0.15, -0.1) is 0 Å².